The van der Waals surface area contributed by atoms with E-state index in [9.17, 15) is 9.59 Å². The molecule has 1 fully saturated rings. The molecule has 0 atom stereocenters. The number of aryl methyl sites for hydroxylation is 1. The molecule has 0 aliphatic carbocycles. The van der Waals surface area contributed by atoms with Crippen molar-refractivity contribution < 1.29 is 9.59 Å². The molecule has 144 valence electrons. The van der Waals surface area contributed by atoms with Crippen molar-refractivity contribution >= 4 is 28.3 Å². The van der Waals surface area contributed by atoms with Crippen LogP contribution in [0, 0.1) is 0 Å². The molecule has 0 radical (unpaired) electrons. The number of thiazole rings is 1. The molecule has 27 heavy (non-hydrogen) atoms. The third-order valence-corrected chi connectivity index (χ3v) is 5.42. The highest BCUT2D eigenvalue weighted by atomic mass is 32.1. The predicted octanol–water partition coefficient (Wildman–Crippen LogP) is 2.88. The summed E-state index contributed by atoms with van der Waals surface area (Å²) in [6, 6.07) is 10.6. The van der Waals surface area contributed by atoms with E-state index in [0.717, 1.165) is 52.0 Å². The van der Waals surface area contributed by atoms with Gasteiger partial charge in [0.1, 0.15) is 5.69 Å². The number of hydrogen-bond acceptors (Lipinski definition) is 5. The molecule has 2 amide bonds. The van der Waals surface area contributed by atoms with E-state index < -0.39 is 0 Å². The SMILES string of the molecule is CC(=O)Nc1nc(C(=O)N2CCCN(CCCc3ccccc3)CC2)cs1. The number of carbonyl (C=O) groups excluding carboxylic acids is 2. The highest BCUT2D eigenvalue weighted by Gasteiger charge is 2.22. The van der Waals surface area contributed by atoms with E-state index in [1.165, 1.54) is 23.8 Å². The summed E-state index contributed by atoms with van der Waals surface area (Å²) in [5, 5.41) is 4.82. The maximum Gasteiger partial charge on any atom is 0.273 e. The second-order valence-electron chi connectivity index (χ2n) is 6.80. The van der Waals surface area contributed by atoms with Crippen molar-refractivity contribution in [2.75, 3.05) is 38.0 Å². The van der Waals surface area contributed by atoms with Crippen molar-refractivity contribution in [3.63, 3.8) is 0 Å². The van der Waals surface area contributed by atoms with Crippen LogP contribution in [0.3, 0.4) is 0 Å². The molecule has 6 nitrogen and oxygen atoms in total. The molecule has 1 aliphatic rings. The monoisotopic (exact) mass is 386 g/mol. The second-order valence-corrected chi connectivity index (χ2v) is 7.65. The zero-order valence-electron chi connectivity index (χ0n) is 15.7. The molecule has 7 heteroatoms. The lowest BCUT2D eigenvalue weighted by Crippen LogP contribution is -2.35. The highest BCUT2D eigenvalue weighted by Crippen LogP contribution is 2.17. The van der Waals surface area contributed by atoms with Crippen molar-refractivity contribution in [1.82, 2.24) is 14.8 Å². The Kier molecular flexibility index (Phi) is 6.95. The minimum Gasteiger partial charge on any atom is -0.336 e. The van der Waals surface area contributed by atoms with Crippen LogP contribution >= 0.6 is 11.3 Å². The van der Waals surface area contributed by atoms with Gasteiger partial charge in [0, 0.05) is 31.9 Å². The van der Waals surface area contributed by atoms with Crippen LogP contribution in [0.4, 0.5) is 5.13 Å². The first kappa shape index (κ1) is 19.5. The summed E-state index contributed by atoms with van der Waals surface area (Å²) in [5.41, 5.74) is 1.80. The first-order valence-electron chi connectivity index (χ1n) is 9.40. The topological polar surface area (TPSA) is 65.5 Å². The molecular weight excluding hydrogens is 360 g/mol. The smallest absolute Gasteiger partial charge is 0.273 e. The minimum atomic E-state index is -0.177. The first-order chi connectivity index (χ1) is 13.1. The molecule has 1 N–H and O–H groups in total. The second kappa shape index (κ2) is 9.62. The van der Waals surface area contributed by atoms with Gasteiger partial charge in [0.25, 0.3) is 5.91 Å². The first-order valence-corrected chi connectivity index (χ1v) is 10.3. The molecular formula is C20H26N4O2S. The van der Waals surface area contributed by atoms with Gasteiger partial charge >= 0.3 is 0 Å². The summed E-state index contributed by atoms with van der Waals surface area (Å²) < 4.78 is 0. The molecule has 0 unspecified atom stereocenters. The average molecular weight is 387 g/mol. The fourth-order valence-electron chi connectivity index (χ4n) is 3.29. The van der Waals surface area contributed by atoms with Gasteiger partial charge in [-0.3, -0.25) is 9.59 Å². The Morgan fingerprint density at radius 1 is 1.15 bits per heavy atom. The normalized spacial score (nSPS) is 15.4. The van der Waals surface area contributed by atoms with Gasteiger partial charge in [-0.25, -0.2) is 4.98 Å². The van der Waals surface area contributed by atoms with Crippen molar-refractivity contribution in [3.05, 3.63) is 47.0 Å². The van der Waals surface area contributed by atoms with Crippen LogP contribution in [0.1, 0.15) is 35.8 Å². The van der Waals surface area contributed by atoms with E-state index in [1.54, 1.807) is 5.38 Å². The van der Waals surface area contributed by atoms with E-state index in [1.807, 2.05) is 11.0 Å². The van der Waals surface area contributed by atoms with Crippen LogP contribution in [-0.4, -0.2) is 59.3 Å². The third kappa shape index (κ3) is 5.87. The predicted molar refractivity (Wildman–Crippen MR) is 108 cm³/mol. The molecule has 2 aromatic rings. The molecule has 1 saturated heterocycles. The number of carbonyl (C=O) groups is 2. The fraction of sp³-hybridized carbons (Fsp3) is 0.450. The van der Waals surface area contributed by atoms with Crippen molar-refractivity contribution in [2.45, 2.75) is 26.2 Å². The third-order valence-electron chi connectivity index (χ3n) is 4.66. The van der Waals surface area contributed by atoms with Crippen molar-refractivity contribution in [3.8, 4) is 0 Å². The van der Waals surface area contributed by atoms with Crippen LogP contribution in [0.25, 0.3) is 0 Å². The zero-order valence-corrected chi connectivity index (χ0v) is 16.5. The van der Waals surface area contributed by atoms with Crippen LogP contribution in [0.5, 0.6) is 0 Å². The van der Waals surface area contributed by atoms with E-state index >= 15 is 0 Å². The maximum atomic E-state index is 12.7. The van der Waals surface area contributed by atoms with Gasteiger partial charge in [0.05, 0.1) is 0 Å². The lowest BCUT2D eigenvalue weighted by Gasteiger charge is -2.21. The molecule has 3 rings (SSSR count). The van der Waals surface area contributed by atoms with Crippen molar-refractivity contribution in [1.29, 1.82) is 0 Å². The lowest BCUT2D eigenvalue weighted by molar-refractivity contribution is -0.114. The maximum absolute atomic E-state index is 12.7. The fourth-order valence-corrected chi connectivity index (χ4v) is 4.02. The van der Waals surface area contributed by atoms with Gasteiger partial charge in [-0.1, -0.05) is 30.3 Å². The molecule has 1 aliphatic heterocycles. The number of benzene rings is 1. The summed E-state index contributed by atoms with van der Waals surface area (Å²) >= 11 is 1.28. The quantitative estimate of drug-likeness (QED) is 0.829. The molecule has 0 bridgehead atoms. The van der Waals surface area contributed by atoms with E-state index in [4.69, 9.17) is 0 Å². The van der Waals surface area contributed by atoms with Gasteiger partial charge in [0.15, 0.2) is 5.13 Å². The molecule has 1 aromatic carbocycles. The molecule has 0 spiro atoms. The van der Waals surface area contributed by atoms with Gasteiger partial charge in [-0.15, -0.1) is 11.3 Å². The van der Waals surface area contributed by atoms with Gasteiger partial charge in [-0.2, -0.15) is 0 Å². The number of amides is 2. The molecule has 0 saturated carbocycles. The number of aromatic nitrogens is 1. The lowest BCUT2D eigenvalue weighted by atomic mass is 10.1. The number of nitrogens with one attached hydrogen (secondary N) is 1. The Balaban J connectivity index is 1.46. The summed E-state index contributed by atoms with van der Waals surface area (Å²) in [7, 11) is 0. The number of rotatable bonds is 6. The molecule has 1 aromatic heterocycles. The van der Waals surface area contributed by atoms with Crippen molar-refractivity contribution in [2.24, 2.45) is 0 Å². The number of hydrogen-bond donors (Lipinski definition) is 1. The van der Waals surface area contributed by atoms with Gasteiger partial charge < -0.3 is 15.1 Å². The minimum absolute atomic E-state index is 0.0472. The summed E-state index contributed by atoms with van der Waals surface area (Å²) in [6.07, 6.45) is 3.19. The number of anilines is 1. The standard InChI is InChI=1S/C20H26N4O2S/c1-16(25)21-20-22-18(15-27-20)19(26)24-12-6-11-23(13-14-24)10-5-9-17-7-3-2-4-8-17/h2-4,7-8,15H,5-6,9-14H2,1H3,(H,21,22,25). The van der Waals surface area contributed by atoms with Crippen LogP contribution < -0.4 is 5.32 Å². The summed E-state index contributed by atoms with van der Waals surface area (Å²) in [5.74, 6) is -0.224. The Labute approximate surface area is 164 Å². The number of nitrogens with zero attached hydrogens (tertiary/aromatic N) is 3. The van der Waals surface area contributed by atoms with Gasteiger partial charge in [0.2, 0.25) is 5.91 Å². The van der Waals surface area contributed by atoms with Crippen LogP contribution in [0.2, 0.25) is 0 Å². The van der Waals surface area contributed by atoms with Crippen LogP contribution in [0.15, 0.2) is 35.7 Å². The highest BCUT2D eigenvalue weighted by molar-refractivity contribution is 7.14. The van der Waals surface area contributed by atoms with Crippen LogP contribution in [-0.2, 0) is 11.2 Å². The largest absolute Gasteiger partial charge is 0.336 e. The Hall–Kier alpha value is -2.25. The Morgan fingerprint density at radius 2 is 1.96 bits per heavy atom. The van der Waals surface area contributed by atoms with E-state index in [0.29, 0.717) is 10.8 Å². The average Bonchev–Trinajstić information content (AvgIpc) is 2.98. The summed E-state index contributed by atoms with van der Waals surface area (Å²) in [6.45, 7) is 5.87. The molecule has 2 heterocycles. The van der Waals surface area contributed by atoms with E-state index in [-0.39, 0.29) is 11.8 Å². The Bertz CT molecular complexity index is 762. The van der Waals surface area contributed by atoms with Gasteiger partial charge in [-0.05, 0) is 37.9 Å². The Morgan fingerprint density at radius 3 is 2.74 bits per heavy atom. The van der Waals surface area contributed by atoms with E-state index in [2.05, 4.69) is 39.5 Å². The zero-order chi connectivity index (χ0) is 19.1. The summed E-state index contributed by atoms with van der Waals surface area (Å²) in [4.78, 5) is 32.4.